The smallest absolute Gasteiger partial charge is 0.324 e. The first-order valence-electron chi connectivity index (χ1n) is 6.65. The summed E-state index contributed by atoms with van der Waals surface area (Å²) >= 11 is 0. The van der Waals surface area contributed by atoms with Gasteiger partial charge in [-0.25, -0.2) is 8.42 Å². The van der Waals surface area contributed by atoms with E-state index in [1.165, 1.54) is 7.11 Å². The van der Waals surface area contributed by atoms with Gasteiger partial charge in [0.2, 0.25) is 10.0 Å². The molecule has 0 radical (unpaired) electrons. The highest BCUT2D eigenvalue weighted by Gasteiger charge is 2.37. The van der Waals surface area contributed by atoms with E-state index < -0.39 is 28.0 Å². The van der Waals surface area contributed by atoms with E-state index in [2.05, 4.69) is 4.74 Å². The third kappa shape index (κ3) is 4.45. The maximum atomic E-state index is 12.2. The van der Waals surface area contributed by atoms with Gasteiger partial charge in [0.25, 0.3) is 0 Å². The van der Waals surface area contributed by atoms with E-state index in [1.54, 1.807) is 6.92 Å². The molecule has 0 amide bonds. The maximum absolute atomic E-state index is 12.2. The Labute approximate surface area is 119 Å². The van der Waals surface area contributed by atoms with E-state index in [4.69, 9.17) is 4.74 Å². The first kappa shape index (κ1) is 16.9. The average Bonchev–Trinajstić information content (AvgIpc) is 2.45. The number of rotatable bonds is 6. The molecule has 1 rings (SSSR count). The van der Waals surface area contributed by atoms with Gasteiger partial charge in [-0.15, -0.1) is 0 Å². The summed E-state index contributed by atoms with van der Waals surface area (Å²) in [5.41, 5.74) is 0. The highest BCUT2D eigenvalue weighted by Crippen LogP contribution is 2.22. The van der Waals surface area contributed by atoms with Crippen LogP contribution in [0.4, 0.5) is 0 Å². The molecule has 0 spiro atoms. The first-order chi connectivity index (χ1) is 9.42. The minimum atomic E-state index is -3.67. The van der Waals surface area contributed by atoms with Crippen LogP contribution in [0.2, 0.25) is 0 Å². The third-order valence-electron chi connectivity index (χ3n) is 3.16. The highest BCUT2D eigenvalue weighted by atomic mass is 32.2. The van der Waals surface area contributed by atoms with Crippen molar-refractivity contribution in [2.45, 2.75) is 38.6 Å². The van der Waals surface area contributed by atoms with Gasteiger partial charge in [-0.1, -0.05) is 0 Å². The highest BCUT2D eigenvalue weighted by molar-refractivity contribution is 7.89. The number of ether oxygens (including phenoxy) is 2. The lowest BCUT2D eigenvalue weighted by Gasteiger charge is -2.32. The summed E-state index contributed by atoms with van der Waals surface area (Å²) in [5.74, 6) is -1.46. The van der Waals surface area contributed by atoms with Crippen LogP contribution in [0.5, 0.6) is 0 Å². The van der Waals surface area contributed by atoms with Crippen molar-refractivity contribution in [2.75, 3.05) is 26.0 Å². The molecule has 1 atom stereocenters. The van der Waals surface area contributed by atoms with E-state index in [9.17, 15) is 18.0 Å². The SMILES string of the molecule is CCOC(=O)C1CCCCN1S(=O)(=O)CCC(=O)OC. The fourth-order valence-electron chi connectivity index (χ4n) is 2.14. The Morgan fingerprint density at radius 1 is 1.30 bits per heavy atom. The van der Waals surface area contributed by atoms with E-state index in [-0.39, 0.29) is 25.3 Å². The molecule has 8 heteroatoms. The van der Waals surface area contributed by atoms with Gasteiger partial charge in [-0.2, -0.15) is 4.31 Å². The van der Waals surface area contributed by atoms with Crippen molar-refractivity contribution in [2.24, 2.45) is 0 Å². The zero-order chi connectivity index (χ0) is 15.2. The van der Waals surface area contributed by atoms with E-state index in [0.29, 0.717) is 12.8 Å². The molecule has 1 aliphatic heterocycles. The summed E-state index contributed by atoms with van der Waals surface area (Å²) in [7, 11) is -2.46. The Morgan fingerprint density at radius 2 is 2.00 bits per heavy atom. The van der Waals surface area contributed by atoms with Gasteiger partial charge in [0.15, 0.2) is 0 Å². The molecule has 1 heterocycles. The molecule has 0 aromatic heterocycles. The van der Waals surface area contributed by atoms with Crippen molar-refractivity contribution < 1.29 is 27.5 Å². The third-order valence-corrected chi connectivity index (χ3v) is 5.03. The van der Waals surface area contributed by atoms with Crippen LogP contribution in [-0.2, 0) is 29.1 Å². The molecule has 116 valence electrons. The zero-order valence-electron chi connectivity index (χ0n) is 11.8. The lowest BCUT2D eigenvalue weighted by molar-refractivity contribution is -0.148. The monoisotopic (exact) mass is 307 g/mol. The summed E-state index contributed by atoms with van der Waals surface area (Å²) in [6.07, 6.45) is 1.72. The van der Waals surface area contributed by atoms with Crippen molar-refractivity contribution in [3.8, 4) is 0 Å². The minimum Gasteiger partial charge on any atom is -0.469 e. The first-order valence-corrected chi connectivity index (χ1v) is 8.26. The van der Waals surface area contributed by atoms with Crippen LogP contribution in [0.1, 0.15) is 32.6 Å². The van der Waals surface area contributed by atoms with Crippen LogP contribution in [0.3, 0.4) is 0 Å². The van der Waals surface area contributed by atoms with Crippen molar-refractivity contribution in [3.05, 3.63) is 0 Å². The van der Waals surface area contributed by atoms with Gasteiger partial charge in [0, 0.05) is 6.54 Å². The summed E-state index contributed by atoms with van der Waals surface area (Å²) in [6, 6.07) is -0.772. The Morgan fingerprint density at radius 3 is 2.60 bits per heavy atom. The molecular weight excluding hydrogens is 286 g/mol. The quantitative estimate of drug-likeness (QED) is 0.655. The molecule has 0 N–H and O–H groups in total. The summed E-state index contributed by atoms with van der Waals surface area (Å²) < 4.78 is 35.0. The van der Waals surface area contributed by atoms with Crippen molar-refractivity contribution >= 4 is 22.0 Å². The number of piperidine rings is 1. The van der Waals surface area contributed by atoms with Gasteiger partial charge in [-0.3, -0.25) is 9.59 Å². The van der Waals surface area contributed by atoms with E-state index in [1.807, 2.05) is 0 Å². The second kappa shape index (κ2) is 7.58. The largest absolute Gasteiger partial charge is 0.469 e. The number of hydrogen-bond donors (Lipinski definition) is 0. The average molecular weight is 307 g/mol. The maximum Gasteiger partial charge on any atom is 0.324 e. The molecule has 0 aromatic carbocycles. The van der Waals surface area contributed by atoms with Crippen LogP contribution >= 0.6 is 0 Å². The predicted octanol–water partition coefficient (Wildman–Crippen LogP) is 0.297. The van der Waals surface area contributed by atoms with Gasteiger partial charge in [0.1, 0.15) is 6.04 Å². The molecule has 1 saturated heterocycles. The Kier molecular flexibility index (Phi) is 6.41. The zero-order valence-corrected chi connectivity index (χ0v) is 12.6. The summed E-state index contributed by atoms with van der Waals surface area (Å²) in [6.45, 7) is 2.18. The normalized spacial score (nSPS) is 20.4. The number of hydrogen-bond acceptors (Lipinski definition) is 6. The molecule has 0 aliphatic carbocycles. The van der Waals surface area contributed by atoms with Crippen LogP contribution < -0.4 is 0 Å². The molecule has 1 fully saturated rings. The Balaban J connectivity index is 2.77. The molecule has 7 nitrogen and oxygen atoms in total. The predicted molar refractivity (Wildman–Crippen MR) is 71.4 cm³/mol. The van der Waals surface area contributed by atoms with Gasteiger partial charge in [0.05, 0.1) is 25.9 Å². The summed E-state index contributed by atoms with van der Waals surface area (Å²) in [5, 5.41) is 0. The number of sulfonamides is 1. The second-order valence-corrected chi connectivity index (χ2v) is 6.56. The number of carbonyl (C=O) groups is 2. The van der Waals surface area contributed by atoms with Crippen molar-refractivity contribution in [1.82, 2.24) is 4.31 Å². The molecule has 0 aromatic rings. The Hall–Kier alpha value is -1.15. The van der Waals surface area contributed by atoms with Gasteiger partial charge >= 0.3 is 11.9 Å². The molecule has 1 unspecified atom stereocenters. The molecule has 0 saturated carbocycles. The van der Waals surface area contributed by atoms with Gasteiger partial charge < -0.3 is 9.47 Å². The van der Waals surface area contributed by atoms with Gasteiger partial charge in [-0.05, 0) is 26.2 Å². The number of esters is 2. The number of methoxy groups -OCH3 is 1. The molecule has 20 heavy (non-hydrogen) atoms. The lowest BCUT2D eigenvalue weighted by atomic mass is 10.1. The lowest BCUT2D eigenvalue weighted by Crippen LogP contribution is -2.49. The molecule has 1 aliphatic rings. The van der Waals surface area contributed by atoms with E-state index >= 15 is 0 Å². The topological polar surface area (TPSA) is 90.0 Å². The van der Waals surface area contributed by atoms with Crippen molar-refractivity contribution in [1.29, 1.82) is 0 Å². The second-order valence-electron chi connectivity index (χ2n) is 4.52. The number of carbonyl (C=O) groups excluding carboxylic acids is 2. The van der Waals surface area contributed by atoms with Crippen molar-refractivity contribution in [3.63, 3.8) is 0 Å². The Bertz CT molecular complexity index is 447. The van der Waals surface area contributed by atoms with Crippen LogP contribution in [0.15, 0.2) is 0 Å². The fraction of sp³-hybridized carbons (Fsp3) is 0.833. The number of nitrogens with zero attached hydrogens (tertiary/aromatic N) is 1. The van der Waals surface area contributed by atoms with Crippen LogP contribution in [0.25, 0.3) is 0 Å². The van der Waals surface area contributed by atoms with Crippen LogP contribution in [0, 0.1) is 0 Å². The molecular formula is C12H21NO6S. The minimum absolute atomic E-state index is 0.214. The standard InChI is InChI=1S/C12H21NO6S/c1-3-19-12(15)10-6-4-5-8-13(10)20(16,17)9-7-11(14)18-2/h10H,3-9H2,1-2H3. The molecule has 0 bridgehead atoms. The van der Waals surface area contributed by atoms with E-state index in [0.717, 1.165) is 10.7 Å². The fourth-order valence-corrected chi connectivity index (χ4v) is 3.79. The summed E-state index contributed by atoms with van der Waals surface area (Å²) in [4.78, 5) is 22.9. The van der Waals surface area contributed by atoms with Crippen LogP contribution in [-0.4, -0.2) is 56.7 Å².